The molecule has 2 unspecified atom stereocenters. The third kappa shape index (κ3) is 3.25. The van der Waals surface area contributed by atoms with Crippen LogP contribution in [0.5, 0.6) is 0 Å². The first kappa shape index (κ1) is 14.3. The topological polar surface area (TPSA) is 54.5 Å². The number of nitrogens with one attached hydrogen (secondary N) is 1. The minimum absolute atomic E-state index is 0.0137. The molecule has 1 aromatic heterocycles. The molecular formula is C13H18BrN3O2. The van der Waals surface area contributed by atoms with Gasteiger partial charge in [-0.25, -0.2) is 4.98 Å². The van der Waals surface area contributed by atoms with E-state index in [1.165, 1.54) is 0 Å². The molecule has 0 aliphatic carbocycles. The molecular weight excluding hydrogens is 310 g/mol. The van der Waals surface area contributed by atoms with Crippen LogP contribution in [0.2, 0.25) is 0 Å². The normalized spacial score (nSPS) is 23.3. The van der Waals surface area contributed by atoms with Gasteiger partial charge in [0.2, 0.25) is 0 Å². The fraction of sp³-hybridized carbons (Fsp3) is 0.538. The van der Waals surface area contributed by atoms with Crippen molar-refractivity contribution in [3.8, 4) is 0 Å². The van der Waals surface area contributed by atoms with Gasteiger partial charge in [-0.05, 0) is 35.8 Å². The Kier molecular flexibility index (Phi) is 4.42. The van der Waals surface area contributed by atoms with Crippen molar-refractivity contribution in [3.63, 3.8) is 0 Å². The molecule has 0 saturated carbocycles. The van der Waals surface area contributed by atoms with Gasteiger partial charge < -0.3 is 15.0 Å². The summed E-state index contributed by atoms with van der Waals surface area (Å²) in [5.41, 5.74) is 0.582. The highest BCUT2D eigenvalue weighted by atomic mass is 79.9. The number of anilines is 1. The second-order valence-corrected chi connectivity index (χ2v) is 5.68. The zero-order chi connectivity index (χ0) is 14.0. The highest BCUT2D eigenvalue weighted by Crippen LogP contribution is 2.21. The fourth-order valence-corrected chi connectivity index (χ4v) is 2.65. The largest absolute Gasteiger partial charge is 0.372 e. The first-order valence-electron chi connectivity index (χ1n) is 6.29. The summed E-state index contributed by atoms with van der Waals surface area (Å²) in [5, 5.41) is 2.95. The Balaban J connectivity index is 2.26. The second kappa shape index (κ2) is 5.88. The van der Waals surface area contributed by atoms with Gasteiger partial charge in [-0.15, -0.1) is 0 Å². The first-order valence-corrected chi connectivity index (χ1v) is 7.08. The van der Waals surface area contributed by atoms with Crippen LogP contribution in [0.3, 0.4) is 0 Å². The van der Waals surface area contributed by atoms with Crippen molar-refractivity contribution in [3.05, 3.63) is 22.3 Å². The molecule has 19 heavy (non-hydrogen) atoms. The van der Waals surface area contributed by atoms with Crippen LogP contribution < -0.4 is 5.32 Å². The van der Waals surface area contributed by atoms with E-state index in [1.54, 1.807) is 19.3 Å². The highest BCUT2D eigenvalue weighted by molar-refractivity contribution is 9.10. The molecule has 0 spiro atoms. The maximum Gasteiger partial charge on any atom is 0.257 e. The van der Waals surface area contributed by atoms with Gasteiger partial charge in [0, 0.05) is 30.8 Å². The standard InChI is InChI=1S/C13H18BrN3O2/c1-8-6-17(7-9(2)19-8)13(18)11-4-10(14)5-16-12(11)15-3/h4-5,8-9H,6-7H2,1-3H3,(H,15,16). The van der Waals surface area contributed by atoms with Crippen molar-refractivity contribution in [1.82, 2.24) is 9.88 Å². The molecule has 0 aromatic carbocycles. The molecule has 104 valence electrons. The van der Waals surface area contributed by atoms with Crippen molar-refractivity contribution in [2.45, 2.75) is 26.1 Å². The van der Waals surface area contributed by atoms with Crippen LogP contribution in [0.4, 0.5) is 5.82 Å². The maximum absolute atomic E-state index is 12.6. The number of aromatic nitrogens is 1. The quantitative estimate of drug-likeness (QED) is 0.904. The number of hydrogen-bond donors (Lipinski definition) is 1. The Labute approximate surface area is 121 Å². The van der Waals surface area contributed by atoms with Gasteiger partial charge in [0.25, 0.3) is 5.91 Å². The number of ether oxygens (including phenoxy) is 1. The average Bonchev–Trinajstić information content (AvgIpc) is 2.36. The van der Waals surface area contributed by atoms with Crippen molar-refractivity contribution < 1.29 is 9.53 Å². The van der Waals surface area contributed by atoms with Gasteiger partial charge in [0.1, 0.15) is 5.82 Å². The molecule has 1 aromatic rings. The first-order chi connectivity index (χ1) is 9.01. The number of amides is 1. The predicted octanol–water partition coefficient (Wildman–Crippen LogP) is 2.14. The minimum Gasteiger partial charge on any atom is -0.372 e. The molecule has 1 aliphatic heterocycles. The molecule has 2 heterocycles. The molecule has 0 bridgehead atoms. The monoisotopic (exact) mass is 327 g/mol. The smallest absolute Gasteiger partial charge is 0.257 e. The number of nitrogens with zero attached hydrogens (tertiary/aromatic N) is 2. The second-order valence-electron chi connectivity index (χ2n) is 4.77. The van der Waals surface area contributed by atoms with Crippen LogP contribution in [0, 0.1) is 0 Å². The van der Waals surface area contributed by atoms with Crippen LogP contribution in [0.25, 0.3) is 0 Å². The lowest BCUT2D eigenvalue weighted by molar-refractivity contribution is -0.0586. The molecule has 1 saturated heterocycles. The Hall–Kier alpha value is -1.14. The molecule has 5 nitrogen and oxygen atoms in total. The van der Waals surface area contributed by atoms with E-state index in [0.717, 1.165) is 4.47 Å². The Morgan fingerprint density at radius 1 is 1.47 bits per heavy atom. The Bertz CT molecular complexity index is 471. The summed E-state index contributed by atoms with van der Waals surface area (Å²) in [6.45, 7) is 5.18. The number of pyridine rings is 1. The summed E-state index contributed by atoms with van der Waals surface area (Å²) in [4.78, 5) is 18.6. The van der Waals surface area contributed by atoms with Gasteiger partial charge in [-0.2, -0.15) is 0 Å². The highest BCUT2D eigenvalue weighted by Gasteiger charge is 2.28. The molecule has 6 heteroatoms. The SMILES string of the molecule is CNc1ncc(Br)cc1C(=O)N1CC(C)OC(C)C1. The van der Waals surface area contributed by atoms with Crippen LogP contribution in [0.1, 0.15) is 24.2 Å². The van der Waals surface area contributed by atoms with Crippen LogP contribution in [0.15, 0.2) is 16.7 Å². The third-order valence-electron chi connectivity index (χ3n) is 3.03. The maximum atomic E-state index is 12.6. The van der Waals surface area contributed by atoms with E-state index in [-0.39, 0.29) is 18.1 Å². The summed E-state index contributed by atoms with van der Waals surface area (Å²) in [5.74, 6) is 0.583. The molecule has 0 radical (unpaired) electrons. The van der Waals surface area contributed by atoms with E-state index in [2.05, 4.69) is 26.2 Å². The van der Waals surface area contributed by atoms with E-state index in [1.807, 2.05) is 18.7 Å². The van der Waals surface area contributed by atoms with E-state index in [4.69, 9.17) is 4.74 Å². The molecule has 2 atom stereocenters. The Morgan fingerprint density at radius 2 is 2.11 bits per heavy atom. The number of hydrogen-bond acceptors (Lipinski definition) is 4. The van der Waals surface area contributed by atoms with Crippen molar-refractivity contribution in [1.29, 1.82) is 0 Å². The van der Waals surface area contributed by atoms with E-state index in [0.29, 0.717) is 24.5 Å². The van der Waals surface area contributed by atoms with E-state index >= 15 is 0 Å². The summed E-state index contributed by atoms with van der Waals surface area (Å²) in [7, 11) is 1.76. The molecule has 1 N–H and O–H groups in total. The Morgan fingerprint density at radius 3 is 2.68 bits per heavy atom. The van der Waals surface area contributed by atoms with Gasteiger partial charge >= 0.3 is 0 Å². The van der Waals surface area contributed by atoms with E-state index in [9.17, 15) is 4.79 Å². The number of halogens is 1. The molecule has 1 fully saturated rings. The number of morpholine rings is 1. The molecule has 1 amide bonds. The summed E-state index contributed by atoms with van der Waals surface area (Å²) in [6.07, 6.45) is 1.80. The zero-order valence-corrected chi connectivity index (χ0v) is 12.9. The predicted molar refractivity (Wildman–Crippen MR) is 77.4 cm³/mol. The number of carbonyl (C=O) groups is 1. The van der Waals surface area contributed by atoms with Gasteiger partial charge in [-0.3, -0.25) is 4.79 Å². The van der Waals surface area contributed by atoms with Crippen molar-refractivity contribution in [2.75, 3.05) is 25.5 Å². The third-order valence-corrected chi connectivity index (χ3v) is 3.46. The van der Waals surface area contributed by atoms with E-state index < -0.39 is 0 Å². The molecule has 2 rings (SSSR count). The number of rotatable bonds is 2. The van der Waals surface area contributed by atoms with Crippen LogP contribution in [-0.2, 0) is 4.74 Å². The lowest BCUT2D eigenvalue weighted by Gasteiger charge is -2.35. The van der Waals surface area contributed by atoms with Gasteiger partial charge in [0.15, 0.2) is 0 Å². The van der Waals surface area contributed by atoms with Crippen molar-refractivity contribution in [2.24, 2.45) is 0 Å². The minimum atomic E-state index is -0.0137. The summed E-state index contributed by atoms with van der Waals surface area (Å²) < 4.78 is 6.44. The average molecular weight is 328 g/mol. The van der Waals surface area contributed by atoms with Crippen LogP contribution in [-0.4, -0.2) is 48.1 Å². The van der Waals surface area contributed by atoms with Gasteiger partial charge in [-0.1, -0.05) is 0 Å². The summed E-state index contributed by atoms with van der Waals surface area (Å²) in [6, 6.07) is 1.80. The lowest BCUT2D eigenvalue weighted by atomic mass is 10.1. The van der Waals surface area contributed by atoms with Crippen LogP contribution >= 0.6 is 15.9 Å². The van der Waals surface area contributed by atoms with Crippen molar-refractivity contribution >= 4 is 27.7 Å². The lowest BCUT2D eigenvalue weighted by Crippen LogP contribution is -2.48. The molecule has 1 aliphatic rings. The number of carbonyl (C=O) groups excluding carboxylic acids is 1. The zero-order valence-electron chi connectivity index (χ0n) is 11.3. The summed E-state index contributed by atoms with van der Waals surface area (Å²) >= 11 is 3.36. The van der Waals surface area contributed by atoms with Gasteiger partial charge in [0.05, 0.1) is 17.8 Å². The fourth-order valence-electron chi connectivity index (χ4n) is 2.32.